The monoisotopic (exact) mass is 365 g/mol. The lowest BCUT2D eigenvalue weighted by Gasteiger charge is -2.22. The predicted octanol–water partition coefficient (Wildman–Crippen LogP) is 3.11. The number of rotatable bonds is 8. The SMILES string of the molecule is CC(C)COCCCNC(=O)N1CCCN(Cc2ccc(F)cc2)CC1. The molecule has 1 aromatic carbocycles. The number of hydrogen-bond acceptors (Lipinski definition) is 3. The summed E-state index contributed by atoms with van der Waals surface area (Å²) in [5.41, 5.74) is 1.10. The quantitative estimate of drug-likeness (QED) is 0.720. The molecule has 0 aliphatic carbocycles. The number of hydrogen-bond donors (Lipinski definition) is 1. The first-order valence-corrected chi connectivity index (χ1v) is 9.62. The van der Waals surface area contributed by atoms with Crippen LogP contribution in [-0.2, 0) is 11.3 Å². The molecule has 5 nitrogen and oxygen atoms in total. The molecule has 6 heteroatoms. The summed E-state index contributed by atoms with van der Waals surface area (Å²) in [6.07, 6.45) is 1.79. The number of urea groups is 1. The van der Waals surface area contributed by atoms with E-state index in [4.69, 9.17) is 4.74 Å². The molecule has 1 saturated heterocycles. The predicted molar refractivity (Wildman–Crippen MR) is 102 cm³/mol. The van der Waals surface area contributed by atoms with Crippen LogP contribution in [0.25, 0.3) is 0 Å². The van der Waals surface area contributed by atoms with Gasteiger partial charge in [0.25, 0.3) is 0 Å². The van der Waals surface area contributed by atoms with Crippen LogP contribution in [0.3, 0.4) is 0 Å². The number of carbonyl (C=O) groups is 1. The molecule has 0 spiro atoms. The first kappa shape index (κ1) is 20.6. The summed E-state index contributed by atoms with van der Waals surface area (Å²) in [6, 6.07) is 6.66. The van der Waals surface area contributed by atoms with Gasteiger partial charge in [-0.15, -0.1) is 0 Å². The van der Waals surface area contributed by atoms with Crippen molar-refractivity contribution >= 4 is 6.03 Å². The van der Waals surface area contributed by atoms with E-state index in [1.54, 1.807) is 0 Å². The van der Waals surface area contributed by atoms with Crippen LogP contribution >= 0.6 is 0 Å². The molecule has 2 amide bonds. The molecule has 1 aliphatic heterocycles. The summed E-state index contributed by atoms with van der Waals surface area (Å²) in [6.45, 7) is 10.4. The van der Waals surface area contributed by atoms with Gasteiger partial charge in [0, 0.05) is 52.5 Å². The number of amides is 2. The van der Waals surface area contributed by atoms with Gasteiger partial charge in [-0.25, -0.2) is 9.18 Å². The Balaban J connectivity index is 1.65. The Labute approximate surface area is 156 Å². The van der Waals surface area contributed by atoms with Crippen molar-refractivity contribution in [3.8, 4) is 0 Å². The Bertz CT molecular complexity index is 536. The molecule has 0 bridgehead atoms. The van der Waals surface area contributed by atoms with Gasteiger partial charge >= 0.3 is 6.03 Å². The van der Waals surface area contributed by atoms with Crippen LogP contribution in [-0.4, -0.2) is 61.8 Å². The number of ether oxygens (including phenoxy) is 1. The van der Waals surface area contributed by atoms with Gasteiger partial charge in [0.05, 0.1) is 0 Å². The number of carbonyl (C=O) groups excluding carboxylic acids is 1. The Hall–Kier alpha value is -1.66. The molecule has 1 N–H and O–H groups in total. The van der Waals surface area contributed by atoms with E-state index >= 15 is 0 Å². The molecule has 0 radical (unpaired) electrons. The lowest BCUT2D eigenvalue weighted by Crippen LogP contribution is -2.42. The lowest BCUT2D eigenvalue weighted by atomic mass is 10.2. The molecule has 0 aromatic heterocycles. The summed E-state index contributed by atoms with van der Waals surface area (Å²) in [5.74, 6) is 0.335. The van der Waals surface area contributed by atoms with Gasteiger partial charge in [0.15, 0.2) is 0 Å². The fraction of sp³-hybridized carbons (Fsp3) is 0.650. The summed E-state index contributed by atoms with van der Waals surface area (Å²) < 4.78 is 18.5. The minimum absolute atomic E-state index is 0.0116. The summed E-state index contributed by atoms with van der Waals surface area (Å²) in [7, 11) is 0. The third-order valence-corrected chi connectivity index (χ3v) is 4.39. The fourth-order valence-electron chi connectivity index (χ4n) is 2.98. The lowest BCUT2D eigenvalue weighted by molar-refractivity contribution is 0.108. The highest BCUT2D eigenvalue weighted by atomic mass is 19.1. The summed E-state index contributed by atoms with van der Waals surface area (Å²) in [4.78, 5) is 16.5. The maximum Gasteiger partial charge on any atom is 0.317 e. The molecule has 1 heterocycles. The van der Waals surface area contributed by atoms with Crippen molar-refractivity contribution in [3.05, 3.63) is 35.6 Å². The highest BCUT2D eigenvalue weighted by Crippen LogP contribution is 2.10. The van der Waals surface area contributed by atoms with Crippen molar-refractivity contribution in [3.63, 3.8) is 0 Å². The zero-order chi connectivity index (χ0) is 18.8. The molecule has 0 atom stereocenters. The summed E-state index contributed by atoms with van der Waals surface area (Å²) in [5, 5.41) is 2.99. The van der Waals surface area contributed by atoms with Crippen LogP contribution in [0.15, 0.2) is 24.3 Å². The van der Waals surface area contributed by atoms with Crippen LogP contribution in [0, 0.1) is 11.7 Å². The molecule has 0 unspecified atom stereocenters. The topological polar surface area (TPSA) is 44.8 Å². The average molecular weight is 365 g/mol. The summed E-state index contributed by atoms with van der Waals surface area (Å²) >= 11 is 0. The smallest absolute Gasteiger partial charge is 0.317 e. The Kier molecular flexibility index (Phi) is 8.85. The van der Waals surface area contributed by atoms with Crippen molar-refractivity contribution in [2.75, 3.05) is 45.9 Å². The third-order valence-electron chi connectivity index (χ3n) is 4.39. The second kappa shape index (κ2) is 11.1. The van der Waals surface area contributed by atoms with Gasteiger partial charge in [0.2, 0.25) is 0 Å². The van der Waals surface area contributed by atoms with E-state index in [0.717, 1.165) is 57.7 Å². The van der Waals surface area contributed by atoms with E-state index < -0.39 is 0 Å². The van der Waals surface area contributed by atoms with E-state index in [1.807, 2.05) is 17.0 Å². The average Bonchev–Trinajstić information content (AvgIpc) is 2.85. The number of nitrogens with zero attached hydrogens (tertiary/aromatic N) is 2. The Morgan fingerprint density at radius 1 is 1.19 bits per heavy atom. The van der Waals surface area contributed by atoms with Crippen LogP contribution < -0.4 is 5.32 Å². The highest BCUT2D eigenvalue weighted by molar-refractivity contribution is 5.74. The zero-order valence-electron chi connectivity index (χ0n) is 16.0. The van der Waals surface area contributed by atoms with Gasteiger partial charge < -0.3 is 15.0 Å². The highest BCUT2D eigenvalue weighted by Gasteiger charge is 2.18. The maximum absolute atomic E-state index is 13.0. The van der Waals surface area contributed by atoms with Gasteiger partial charge in [0.1, 0.15) is 5.82 Å². The number of benzene rings is 1. The normalized spacial score (nSPS) is 15.9. The standard InChI is InChI=1S/C20H32FN3O2/c1-17(2)16-26-14-3-9-22-20(25)24-11-4-10-23(12-13-24)15-18-5-7-19(21)8-6-18/h5-8,17H,3-4,9-16H2,1-2H3,(H,22,25). The maximum atomic E-state index is 13.0. The molecule has 1 fully saturated rings. The molecule has 1 aliphatic rings. The minimum Gasteiger partial charge on any atom is -0.381 e. The van der Waals surface area contributed by atoms with Gasteiger partial charge in [-0.3, -0.25) is 4.90 Å². The fourth-order valence-corrected chi connectivity index (χ4v) is 2.98. The van der Waals surface area contributed by atoms with Crippen molar-refractivity contribution < 1.29 is 13.9 Å². The van der Waals surface area contributed by atoms with E-state index in [2.05, 4.69) is 24.1 Å². The zero-order valence-corrected chi connectivity index (χ0v) is 16.0. The first-order valence-electron chi connectivity index (χ1n) is 9.62. The number of nitrogens with one attached hydrogen (secondary N) is 1. The van der Waals surface area contributed by atoms with Crippen molar-refractivity contribution in [2.24, 2.45) is 5.92 Å². The van der Waals surface area contributed by atoms with Crippen LogP contribution in [0.5, 0.6) is 0 Å². The van der Waals surface area contributed by atoms with E-state index in [0.29, 0.717) is 19.1 Å². The van der Waals surface area contributed by atoms with Gasteiger partial charge in [-0.05, 0) is 36.5 Å². The molecular formula is C20H32FN3O2. The molecule has 2 rings (SSSR count). The number of halogens is 1. The van der Waals surface area contributed by atoms with Gasteiger partial charge in [-0.2, -0.15) is 0 Å². The van der Waals surface area contributed by atoms with Crippen molar-refractivity contribution in [2.45, 2.75) is 33.2 Å². The molecule has 0 saturated carbocycles. The first-order chi connectivity index (χ1) is 12.5. The minimum atomic E-state index is -0.206. The largest absolute Gasteiger partial charge is 0.381 e. The van der Waals surface area contributed by atoms with Crippen LogP contribution in [0.1, 0.15) is 32.3 Å². The van der Waals surface area contributed by atoms with E-state index in [-0.39, 0.29) is 11.8 Å². The van der Waals surface area contributed by atoms with Crippen LogP contribution in [0.4, 0.5) is 9.18 Å². The van der Waals surface area contributed by atoms with Crippen molar-refractivity contribution in [1.82, 2.24) is 15.1 Å². The van der Waals surface area contributed by atoms with Crippen LogP contribution in [0.2, 0.25) is 0 Å². The van der Waals surface area contributed by atoms with E-state index in [1.165, 1.54) is 12.1 Å². The van der Waals surface area contributed by atoms with E-state index in [9.17, 15) is 9.18 Å². The van der Waals surface area contributed by atoms with Crippen molar-refractivity contribution in [1.29, 1.82) is 0 Å². The molecule has 146 valence electrons. The third kappa shape index (κ3) is 7.70. The molecule has 1 aromatic rings. The Morgan fingerprint density at radius 2 is 1.96 bits per heavy atom. The molecular weight excluding hydrogens is 333 g/mol. The molecule has 26 heavy (non-hydrogen) atoms. The second-order valence-electron chi connectivity index (χ2n) is 7.30. The Morgan fingerprint density at radius 3 is 2.69 bits per heavy atom. The van der Waals surface area contributed by atoms with Gasteiger partial charge in [-0.1, -0.05) is 26.0 Å². The second-order valence-corrected chi connectivity index (χ2v) is 7.30.